The molecule has 8 nitrogen and oxygen atoms in total. The molecule has 2 heterocycles. The SMILES string of the molecule is CC1CN(S(=O)(=O)c2cccc(-n3cnnn3)c2)C(C)CO1. The highest BCUT2D eigenvalue weighted by Crippen LogP contribution is 2.23. The fraction of sp³-hybridized carbons (Fsp3) is 0.462. The van der Waals surface area contributed by atoms with Crippen molar-refractivity contribution < 1.29 is 13.2 Å². The predicted octanol–water partition coefficient (Wildman–Crippen LogP) is 0.460. The maximum atomic E-state index is 12.9. The van der Waals surface area contributed by atoms with Crippen molar-refractivity contribution in [2.75, 3.05) is 13.2 Å². The van der Waals surface area contributed by atoms with Crippen molar-refractivity contribution in [3.05, 3.63) is 30.6 Å². The van der Waals surface area contributed by atoms with Gasteiger partial charge in [0, 0.05) is 12.6 Å². The Hall–Kier alpha value is -1.84. The van der Waals surface area contributed by atoms with Crippen molar-refractivity contribution in [1.29, 1.82) is 0 Å². The molecule has 1 aromatic heterocycles. The summed E-state index contributed by atoms with van der Waals surface area (Å²) in [7, 11) is -3.59. The second-order valence-corrected chi connectivity index (χ2v) is 7.21. The molecule has 0 saturated carbocycles. The molecule has 0 radical (unpaired) electrons. The number of ether oxygens (including phenoxy) is 1. The fourth-order valence-electron chi connectivity index (χ4n) is 2.41. The van der Waals surface area contributed by atoms with Crippen molar-refractivity contribution >= 4 is 10.0 Å². The highest BCUT2D eigenvalue weighted by atomic mass is 32.2. The van der Waals surface area contributed by atoms with Crippen LogP contribution in [-0.2, 0) is 14.8 Å². The number of sulfonamides is 1. The van der Waals surface area contributed by atoms with E-state index in [0.29, 0.717) is 18.8 Å². The number of aromatic nitrogens is 4. The van der Waals surface area contributed by atoms with Crippen LogP contribution in [0.2, 0.25) is 0 Å². The first-order valence-electron chi connectivity index (χ1n) is 6.95. The zero-order valence-electron chi connectivity index (χ0n) is 12.3. The standard InChI is InChI=1S/C13H17N5O3S/c1-10-8-21-11(2)7-18(10)22(19,20)13-5-3-4-12(6-13)17-9-14-15-16-17/h3-6,9-11H,7-8H2,1-2H3. The number of benzene rings is 1. The summed E-state index contributed by atoms with van der Waals surface area (Å²) < 4.78 is 34.2. The van der Waals surface area contributed by atoms with Crippen LogP contribution in [0, 0.1) is 0 Å². The van der Waals surface area contributed by atoms with E-state index in [9.17, 15) is 8.42 Å². The predicted molar refractivity (Wildman–Crippen MR) is 77.9 cm³/mol. The van der Waals surface area contributed by atoms with E-state index >= 15 is 0 Å². The van der Waals surface area contributed by atoms with E-state index in [1.54, 1.807) is 24.3 Å². The van der Waals surface area contributed by atoms with Gasteiger partial charge in [0.1, 0.15) is 6.33 Å². The Kier molecular flexibility index (Phi) is 3.94. The minimum atomic E-state index is -3.59. The maximum Gasteiger partial charge on any atom is 0.243 e. The van der Waals surface area contributed by atoms with E-state index < -0.39 is 10.0 Å². The van der Waals surface area contributed by atoms with Crippen molar-refractivity contribution in [2.45, 2.75) is 30.9 Å². The van der Waals surface area contributed by atoms with Gasteiger partial charge >= 0.3 is 0 Å². The van der Waals surface area contributed by atoms with Gasteiger partial charge in [0.15, 0.2) is 0 Å². The van der Waals surface area contributed by atoms with Crippen molar-refractivity contribution in [1.82, 2.24) is 24.5 Å². The van der Waals surface area contributed by atoms with Crippen LogP contribution < -0.4 is 0 Å². The summed E-state index contributed by atoms with van der Waals surface area (Å²) in [4.78, 5) is 0.224. The molecular weight excluding hydrogens is 306 g/mol. The first kappa shape index (κ1) is 15.1. The number of rotatable bonds is 3. The fourth-order valence-corrected chi connectivity index (χ4v) is 4.14. The molecule has 22 heavy (non-hydrogen) atoms. The smallest absolute Gasteiger partial charge is 0.243 e. The Morgan fingerprint density at radius 1 is 1.32 bits per heavy atom. The summed E-state index contributed by atoms with van der Waals surface area (Å²) in [5.74, 6) is 0. The van der Waals surface area contributed by atoms with Crippen LogP contribution in [0.1, 0.15) is 13.8 Å². The van der Waals surface area contributed by atoms with Gasteiger partial charge in [-0.25, -0.2) is 13.1 Å². The molecule has 3 rings (SSSR count). The van der Waals surface area contributed by atoms with Gasteiger partial charge in [0.25, 0.3) is 0 Å². The van der Waals surface area contributed by atoms with Crippen LogP contribution in [0.25, 0.3) is 5.69 Å². The van der Waals surface area contributed by atoms with E-state index in [1.807, 2.05) is 13.8 Å². The number of morpholine rings is 1. The van der Waals surface area contributed by atoms with Crippen LogP contribution in [0.15, 0.2) is 35.5 Å². The highest BCUT2D eigenvalue weighted by Gasteiger charge is 2.34. The van der Waals surface area contributed by atoms with Crippen LogP contribution in [0.4, 0.5) is 0 Å². The van der Waals surface area contributed by atoms with Crippen LogP contribution in [0.3, 0.4) is 0 Å². The second kappa shape index (κ2) is 5.75. The summed E-state index contributed by atoms with van der Waals surface area (Å²) in [6, 6.07) is 6.38. The third-order valence-corrected chi connectivity index (χ3v) is 5.56. The van der Waals surface area contributed by atoms with Gasteiger partial charge in [0.05, 0.1) is 23.3 Å². The van der Waals surface area contributed by atoms with Gasteiger partial charge in [-0.3, -0.25) is 0 Å². The minimum absolute atomic E-state index is 0.117. The van der Waals surface area contributed by atoms with E-state index in [0.717, 1.165) is 0 Å². The number of tetrazole rings is 1. The molecule has 2 atom stereocenters. The molecule has 118 valence electrons. The summed E-state index contributed by atoms with van der Waals surface area (Å²) >= 11 is 0. The van der Waals surface area contributed by atoms with Crippen molar-refractivity contribution in [3.8, 4) is 5.69 Å². The number of hydrogen-bond acceptors (Lipinski definition) is 6. The molecular formula is C13H17N5O3S. The van der Waals surface area contributed by atoms with E-state index in [2.05, 4.69) is 15.5 Å². The lowest BCUT2D eigenvalue weighted by atomic mass is 10.2. The number of nitrogens with zero attached hydrogens (tertiary/aromatic N) is 5. The summed E-state index contributed by atoms with van der Waals surface area (Å²) in [6.45, 7) is 4.45. The molecule has 1 aromatic carbocycles. The minimum Gasteiger partial charge on any atom is -0.375 e. The molecule has 0 spiro atoms. The molecule has 2 unspecified atom stereocenters. The zero-order chi connectivity index (χ0) is 15.7. The zero-order valence-corrected chi connectivity index (χ0v) is 13.1. The highest BCUT2D eigenvalue weighted by molar-refractivity contribution is 7.89. The molecule has 0 bridgehead atoms. The Morgan fingerprint density at radius 3 is 2.86 bits per heavy atom. The third-order valence-electron chi connectivity index (χ3n) is 3.59. The topological polar surface area (TPSA) is 90.2 Å². The maximum absolute atomic E-state index is 12.9. The summed E-state index contributed by atoms with van der Waals surface area (Å²) in [5, 5.41) is 10.9. The van der Waals surface area contributed by atoms with Crippen LogP contribution in [-0.4, -0.2) is 58.2 Å². The van der Waals surface area contributed by atoms with Gasteiger partial charge in [-0.05, 0) is 42.5 Å². The lowest BCUT2D eigenvalue weighted by Gasteiger charge is -2.35. The molecule has 1 aliphatic heterocycles. The Balaban J connectivity index is 1.97. The average Bonchev–Trinajstić information content (AvgIpc) is 3.04. The monoisotopic (exact) mass is 323 g/mol. The molecule has 1 saturated heterocycles. The van der Waals surface area contributed by atoms with E-state index in [-0.39, 0.29) is 17.0 Å². The first-order valence-corrected chi connectivity index (χ1v) is 8.39. The summed E-state index contributed by atoms with van der Waals surface area (Å²) in [5.41, 5.74) is 0.597. The molecule has 1 fully saturated rings. The van der Waals surface area contributed by atoms with Crippen LogP contribution in [0.5, 0.6) is 0 Å². The Morgan fingerprint density at radius 2 is 2.14 bits per heavy atom. The molecule has 0 N–H and O–H groups in total. The lowest BCUT2D eigenvalue weighted by molar-refractivity contribution is -0.0170. The van der Waals surface area contributed by atoms with E-state index in [4.69, 9.17) is 4.74 Å². The molecule has 2 aromatic rings. The lowest BCUT2D eigenvalue weighted by Crippen LogP contribution is -2.50. The normalized spacial score (nSPS) is 23.5. The second-order valence-electron chi connectivity index (χ2n) is 5.32. The molecule has 0 amide bonds. The molecule has 0 aliphatic carbocycles. The third kappa shape index (κ3) is 2.74. The van der Waals surface area contributed by atoms with Crippen LogP contribution >= 0.6 is 0 Å². The average molecular weight is 323 g/mol. The van der Waals surface area contributed by atoms with Crippen molar-refractivity contribution in [3.63, 3.8) is 0 Å². The quantitative estimate of drug-likeness (QED) is 0.815. The van der Waals surface area contributed by atoms with Gasteiger partial charge in [-0.15, -0.1) is 5.10 Å². The molecule has 9 heteroatoms. The first-order chi connectivity index (χ1) is 10.5. The van der Waals surface area contributed by atoms with Gasteiger partial charge in [-0.1, -0.05) is 6.07 Å². The summed E-state index contributed by atoms with van der Waals surface area (Å²) in [6.07, 6.45) is 1.30. The van der Waals surface area contributed by atoms with Gasteiger partial charge in [-0.2, -0.15) is 4.31 Å². The van der Waals surface area contributed by atoms with Gasteiger partial charge < -0.3 is 4.74 Å². The number of hydrogen-bond donors (Lipinski definition) is 0. The van der Waals surface area contributed by atoms with Gasteiger partial charge in [0.2, 0.25) is 10.0 Å². The Bertz CT molecular complexity index is 747. The van der Waals surface area contributed by atoms with Crippen molar-refractivity contribution in [2.24, 2.45) is 0 Å². The van der Waals surface area contributed by atoms with E-state index in [1.165, 1.54) is 15.3 Å². The molecule has 1 aliphatic rings. The Labute approximate surface area is 128 Å². The largest absolute Gasteiger partial charge is 0.375 e.